The van der Waals surface area contributed by atoms with Gasteiger partial charge in [-0.15, -0.1) is 0 Å². The first-order valence-electron chi connectivity index (χ1n) is 4.86. The van der Waals surface area contributed by atoms with Crippen molar-refractivity contribution in [3.63, 3.8) is 0 Å². The van der Waals surface area contributed by atoms with E-state index in [9.17, 15) is 0 Å². The molecule has 3 rings (SSSR count). The van der Waals surface area contributed by atoms with Crippen LogP contribution in [-0.4, -0.2) is 21.3 Å². The molecule has 0 radical (unpaired) electrons. The van der Waals surface area contributed by atoms with E-state index in [2.05, 4.69) is 34.9 Å². The minimum Gasteiger partial charge on any atom is -0.260 e. The van der Waals surface area contributed by atoms with Crippen LogP contribution in [0.1, 0.15) is 11.6 Å². The molecular weight excluding hydrogens is 192 g/mol. The van der Waals surface area contributed by atoms with Gasteiger partial charge in [0.05, 0.1) is 17.8 Å². The molecule has 2 nitrogen and oxygen atoms in total. The fourth-order valence-electron chi connectivity index (χ4n) is 1.80. The SMILES string of the molecule is Cc1ccc2cnn(C3CSC3)c2c1. The highest BCUT2D eigenvalue weighted by Crippen LogP contribution is 2.31. The third-order valence-corrected chi connectivity index (χ3v) is 3.96. The second kappa shape index (κ2) is 3.02. The van der Waals surface area contributed by atoms with Crippen LogP contribution in [-0.2, 0) is 0 Å². The normalized spacial score (nSPS) is 17.2. The first-order chi connectivity index (χ1) is 6.84. The Morgan fingerprint density at radius 1 is 1.43 bits per heavy atom. The number of nitrogens with zero attached hydrogens (tertiary/aromatic N) is 2. The van der Waals surface area contributed by atoms with Gasteiger partial charge in [-0.3, -0.25) is 4.68 Å². The summed E-state index contributed by atoms with van der Waals surface area (Å²) in [6, 6.07) is 7.15. The molecule has 0 atom stereocenters. The number of hydrogen-bond donors (Lipinski definition) is 0. The molecule has 0 unspecified atom stereocenters. The Balaban J connectivity index is 2.18. The van der Waals surface area contributed by atoms with Gasteiger partial charge in [-0.05, 0) is 18.6 Å². The first kappa shape index (κ1) is 8.36. The van der Waals surface area contributed by atoms with Crippen LogP contribution in [0.2, 0.25) is 0 Å². The molecule has 72 valence electrons. The van der Waals surface area contributed by atoms with E-state index in [-0.39, 0.29) is 0 Å². The third-order valence-electron chi connectivity index (χ3n) is 2.72. The highest BCUT2D eigenvalue weighted by atomic mass is 32.2. The predicted octanol–water partition coefficient (Wildman–Crippen LogP) is 2.63. The van der Waals surface area contributed by atoms with Crippen LogP contribution in [0.25, 0.3) is 10.9 Å². The fourth-order valence-corrected chi connectivity index (χ4v) is 2.53. The van der Waals surface area contributed by atoms with Gasteiger partial charge < -0.3 is 0 Å². The summed E-state index contributed by atoms with van der Waals surface area (Å²) >= 11 is 2.00. The van der Waals surface area contributed by atoms with Crippen molar-refractivity contribution in [3.8, 4) is 0 Å². The molecule has 0 aliphatic carbocycles. The quantitative estimate of drug-likeness (QED) is 0.710. The van der Waals surface area contributed by atoms with Gasteiger partial charge in [-0.2, -0.15) is 16.9 Å². The van der Waals surface area contributed by atoms with E-state index in [1.54, 1.807) is 0 Å². The molecule has 3 heteroatoms. The highest BCUT2D eigenvalue weighted by Gasteiger charge is 2.22. The smallest absolute Gasteiger partial charge is 0.0707 e. The molecule has 14 heavy (non-hydrogen) atoms. The molecule has 0 saturated carbocycles. The summed E-state index contributed by atoms with van der Waals surface area (Å²) in [6.45, 7) is 2.13. The van der Waals surface area contributed by atoms with Crippen molar-refractivity contribution in [2.45, 2.75) is 13.0 Å². The Hall–Kier alpha value is -0.960. The fraction of sp³-hybridized carbons (Fsp3) is 0.364. The summed E-state index contributed by atoms with van der Waals surface area (Å²) in [6.07, 6.45) is 1.97. The Bertz CT molecular complexity index is 471. The van der Waals surface area contributed by atoms with Gasteiger partial charge in [-0.25, -0.2) is 0 Å². The molecule has 2 aromatic rings. The van der Waals surface area contributed by atoms with E-state index in [4.69, 9.17) is 0 Å². The maximum absolute atomic E-state index is 4.46. The largest absolute Gasteiger partial charge is 0.260 e. The minimum atomic E-state index is 0.624. The van der Waals surface area contributed by atoms with E-state index < -0.39 is 0 Å². The van der Waals surface area contributed by atoms with Gasteiger partial charge in [0.15, 0.2) is 0 Å². The molecular formula is C11H12N2S. The van der Waals surface area contributed by atoms with Crippen molar-refractivity contribution in [2.75, 3.05) is 11.5 Å². The number of thioether (sulfide) groups is 1. The lowest BCUT2D eigenvalue weighted by Gasteiger charge is -2.25. The maximum Gasteiger partial charge on any atom is 0.0707 e. The second-order valence-electron chi connectivity index (χ2n) is 3.84. The van der Waals surface area contributed by atoms with E-state index in [1.807, 2.05) is 18.0 Å². The van der Waals surface area contributed by atoms with Crippen LogP contribution >= 0.6 is 11.8 Å². The lowest BCUT2D eigenvalue weighted by atomic mass is 10.2. The van der Waals surface area contributed by atoms with Crippen LogP contribution in [0.3, 0.4) is 0 Å². The average Bonchev–Trinajstić information content (AvgIpc) is 2.46. The summed E-state index contributed by atoms with van der Waals surface area (Å²) in [4.78, 5) is 0. The molecule has 1 fully saturated rings. The van der Waals surface area contributed by atoms with E-state index in [1.165, 1.54) is 28.0 Å². The molecule has 1 aromatic carbocycles. The van der Waals surface area contributed by atoms with Gasteiger partial charge >= 0.3 is 0 Å². The zero-order valence-corrected chi connectivity index (χ0v) is 8.92. The zero-order chi connectivity index (χ0) is 9.54. The topological polar surface area (TPSA) is 17.8 Å². The van der Waals surface area contributed by atoms with Gasteiger partial charge in [0, 0.05) is 16.9 Å². The standard InChI is InChI=1S/C11H12N2S/c1-8-2-3-9-5-12-13(11(9)4-8)10-6-14-7-10/h2-5,10H,6-7H2,1H3. The Morgan fingerprint density at radius 2 is 2.29 bits per heavy atom. The summed E-state index contributed by atoms with van der Waals surface area (Å²) in [5.74, 6) is 2.43. The molecule has 0 N–H and O–H groups in total. The van der Waals surface area contributed by atoms with E-state index in [0.29, 0.717) is 6.04 Å². The summed E-state index contributed by atoms with van der Waals surface area (Å²) in [5.41, 5.74) is 2.60. The molecule has 0 amide bonds. The molecule has 0 spiro atoms. The zero-order valence-electron chi connectivity index (χ0n) is 8.10. The Kier molecular flexibility index (Phi) is 1.80. The molecule has 1 aromatic heterocycles. The Labute approximate surface area is 87.3 Å². The molecule has 1 aliphatic rings. The van der Waals surface area contributed by atoms with Gasteiger partial charge in [0.2, 0.25) is 0 Å². The lowest BCUT2D eigenvalue weighted by molar-refractivity contribution is 0.545. The highest BCUT2D eigenvalue weighted by molar-refractivity contribution is 8.00. The number of aromatic nitrogens is 2. The predicted molar refractivity (Wildman–Crippen MR) is 60.8 cm³/mol. The molecule has 1 saturated heterocycles. The summed E-state index contributed by atoms with van der Waals surface area (Å²) < 4.78 is 2.18. The van der Waals surface area contributed by atoms with Gasteiger partial charge in [0.1, 0.15) is 0 Å². The van der Waals surface area contributed by atoms with Crippen LogP contribution in [0.5, 0.6) is 0 Å². The van der Waals surface area contributed by atoms with Crippen LogP contribution in [0.4, 0.5) is 0 Å². The molecule has 0 bridgehead atoms. The number of fused-ring (bicyclic) bond motifs is 1. The van der Waals surface area contributed by atoms with Crippen LogP contribution in [0.15, 0.2) is 24.4 Å². The number of aryl methyl sites for hydroxylation is 1. The summed E-state index contributed by atoms with van der Waals surface area (Å²) in [5, 5.41) is 5.72. The minimum absolute atomic E-state index is 0.624. The summed E-state index contributed by atoms with van der Waals surface area (Å²) in [7, 11) is 0. The van der Waals surface area contributed by atoms with Crippen molar-refractivity contribution in [1.82, 2.24) is 9.78 Å². The van der Waals surface area contributed by atoms with Crippen molar-refractivity contribution in [2.24, 2.45) is 0 Å². The van der Waals surface area contributed by atoms with E-state index >= 15 is 0 Å². The molecule has 1 aliphatic heterocycles. The number of rotatable bonds is 1. The lowest BCUT2D eigenvalue weighted by Crippen LogP contribution is -2.23. The van der Waals surface area contributed by atoms with Crippen molar-refractivity contribution < 1.29 is 0 Å². The molecule has 2 heterocycles. The van der Waals surface area contributed by atoms with Crippen molar-refractivity contribution >= 4 is 22.7 Å². The average molecular weight is 204 g/mol. The second-order valence-corrected chi connectivity index (χ2v) is 4.92. The first-order valence-corrected chi connectivity index (χ1v) is 6.02. The van der Waals surface area contributed by atoms with E-state index in [0.717, 1.165) is 0 Å². The van der Waals surface area contributed by atoms with Gasteiger partial charge in [-0.1, -0.05) is 12.1 Å². The van der Waals surface area contributed by atoms with Crippen molar-refractivity contribution in [1.29, 1.82) is 0 Å². The van der Waals surface area contributed by atoms with Crippen molar-refractivity contribution in [3.05, 3.63) is 30.0 Å². The third kappa shape index (κ3) is 1.16. The maximum atomic E-state index is 4.46. The number of benzene rings is 1. The monoisotopic (exact) mass is 204 g/mol. The van der Waals surface area contributed by atoms with Gasteiger partial charge in [0.25, 0.3) is 0 Å². The number of hydrogen-bond acceptors (Lipinski definition) is 2. The van der Waals surface area contributed by atoms with Crippen LogP contribution in [0, 0.1) is 6.92 Å². The Morgan fingerprint density at radius 3 is 3.00 bits per heavy atom. The van der Waals surface area contributed by atoms with Crippen LogP contribution < -0.4 is 0 Å².